The third-order valence-corrected chi connectivity index (χ3v) is 5.88. The van der Waals surface area contributed by atoms with Crippen LogP contribution in [0.3, 0.4) is 0 Å². The third-order valence-electron chi connectivity index (χ3n) is 5.65. The molecule has 1 fully saturated rings. The number of amides is 1. The number of halogens is 1. The largest absolute Gasteiger partial charge is 0.493 e. The van der Waals surface area contributed by atoms with Crippen molar-refractivity contribution in [3.8, 4) is 17.6 Å². The molecule has 1 aliphatic rings. The molecular formula is C24H24ClN3O4. The Morgan fingerprint density at radius 3 is 2.81 bits per heavy atom. The lowest BCUT2D eigenvalue weighted by Gasteiger charge is -2.30. The SMILES string of the molecule is COc1cc(C#N)ccc1OCCCC(=O)N1CCC(c2nc3cc(Cl)ccc3o2)CC1. The van der Waals surface area contributed by atoms with Crippen LogP contribution in [-0.4, -0.2) is 42.6 Å². The van der Waals surface area contributed by atoms with E-state index in [1.54, 1.807) is 30.3 Å². The molecule has 0 unspecified atom stereocenters. The summed E-state index contributed by atoms with van der Waals surface area (Å²) < 4.78 is 16.9. The first-order chi connectivity index (χ1) is 15.6. The molecule has 0 aliphatic carbocycles. The number of likely N-dealkylation sites (tertiary alicyclic amines) is 1. The van der Waals surface area contributed by atoms with Gasteiger partial charge in [0.1, 0.15) is 5.52 Å². The van der Waals surface area contributed by atoms with Crippen molar-refractivity contribution in [3.63, 3.8) is 0 Å². The van der Waals surface area contributed by atoms with E-state index in [0.29, 0.717) is 54.6 Å². The maximum Gasteiger partial charge on any atom is 0.222 e. The molecule has 1 aliphatic heterocycles. The monoisotopic (exact) mass is 453 g/mol. The molecule has 0 saturated carbocycles. The van der Waals surface area contributed by atoms with Crippen LogP contribution in [0.4, 0.5) is 0 Å². The fourth-order valence-corrected chi connectivity index (χ4v) is 4.06. The number of aromatic nitrogens is 1. The van der Waals surface area contributed by atoms with Crippen molar-refractivity contribution >= 4 is 28.6 Å². The Balaban J connectivity index is 1.23. The number of benzene rings is 2. The molecule has 4 rings (SSSR count). The second-order valence-corrected chi connectivity index (χ2v) is 8.19. The molecule has 32 heavy (non-hydrogen) atoms. The first kappa shape index (κ1) is 22.0. The predicted molar refractivity (Wildman–Crippen MR) is 120 cm³/mol. The Morgan fingerprint density at radius 1 is 1.25 bits per heavy atom. The predicted octanol–water partition coefficient (Wildman–Crippen LogP) is 4.93. The van der Waals surface area contributed by atoms with E-state index in [9.17, 15) is 4.79 Å². The maximum atomic E-state index is 12.6. The van der Waals surface area contributed by atoms with Crippen LogP contribution in [-0.2, 0) is 4.79 Å². The summed E-state index contributed by atoms with van der Waals surface area (Å²) in [6.45, 7) is 1.77. The molecule has 0 spiro atoms. The number of hydrogen-bond acceptors (Lipinski definition) is 6. The molecule has 166 valence electrons. The molecule has 7 nitrogen and oxygen atoms in total. The van der Waals surface area contributed by atoms with E-state index in [0.717, 1.165) is 29.8 Å². The lowest BCUT2D eigenvalue weighted by atomic mass is 9.96. The Kier molecular flexibility index (Phi) is 6.81. The topological polar surface area (TPSA) is 88.6 Å². The molecule has 0 N–H and O–H groups in total. The number of carbonyl (C=O) groups excluding carboxylic acids is 1. The first-order valence-corrected chi connectivity index (χ1v) is 11.0. The van der Waals surface area contributed by atoms with E-state index in [4.69, 9.17) is 30.8 Å². The van der Waals surface area contributed by atoms with Crippen LogP contribution in [0.25, 0.3) is 11.1 Å². The number of ether oxygens (including phenoxy) is 2. The van der Waals surface area contributed by atoms with Gasteiger partial charge in [-0.2, -0.15) is 5.26 Å². The van der Waals surface area contributed by atoms with Gasteiger partial charge in [-0.05, 0) is 49.6 Å². The lowest BCUT2D eigenvalue weighted by Crippen LogP contribution is -2.38. The van der Waals surface area contributed by atoms with Crippen LogP contribution in [0, 0.1) is 11.3 Å². The van der Waals surface area contributed by atoms with Gasteiger partial charge in [0.2, 0.25) is 5.91 Å². The molecule has 1 saturated heterocycles. The summed E-state index contributed by atoms with van der Waals surface area (Å²) in [6.07, 6.45) is 2.68. The summed E-state index contributed by atoms with van der Waals surface area (Å²) in [5.74, 6) is 2.14. The molecule has 3 aromatic rings. The van der Waals surface area contributed by atoms with E-state index >= 15 is 0 Å². The van der Waals surface area contributed by atoms with Gasteiger partial charge >= 0.3 is 0 Å². The number of nitrogens with zero attached hydrogens (tertiary/aromatic N) is 3. The molecule has 0 bridgehead atoms. The summed E-state index contributed by atoms with van der Waals surface area (Å²) in [6, 6.07) is 12.5. The van der Waals surface area contributed by atoms with Crippen LogP contribution in [0.5, 0.6) is 11.5 Å². The second kappa shape index (κ2) is 9.92. The zero-order valence-corrected chi connectivity index (χ0v) is 18.6. The fourth-order valence-electron chi connectivity index (χ4n) is 3.89. The van der Waals surface area contributed by atoms with E-state index in [2.05, 4.69) is 11.1 Å². The Bertz CT molecular complexity index is 1150. The van der Waals surface area contributed by atoms with Gasteiger partial charge in [0.05, 0.1) is 25.3 Å². The lowest BCUT2D eigenvalue weighted by molar-refractivity contribution is -0.132. The Labute approximate surface area is 191 Å². The minimum atomic E-state index is 0.128. The summed E-state index contributed by atoms with van der Waals surface area (Å²) in [5.41, 5.74) is 2.01. The van der Waals surface area contributed by atoms with Crippen molar-refractivity contribution in [3.05, 3.63) is 52.9 Å². The number of oxazole rings is 1. The second-order valence-electron chi connectivity index (χ2n) is 7.75. The molecule has 1 amide bonds. The van der Waals surface area contributed by atoms with Crippen molar-refractivity contribution in [2.24, 2.45) is 0 Å². The van der Waals surface area contributed by atoms with Crippen LogP contribution in [0.1, 0.15) is 43.1 Å². The third kappa shape index (κ3) is 4.97. The number of carbonyl (C=O) groups is 1. The molecule has 2 aromatic carbocycles. The summed E-state index contributed by atoms with van der Waals surface area (Å²) in [5, 5.41) is 9.61. The number of rotatable bonds is 7. The zero-order valence-electron chi connectivity index (χ0n) is 17.8. The maximum absolute atomic E-state index is 12.6. The number of piperidine rings is 1. The van der Waals surface area contributed by atoms with E-state index in [1.807, 2.05) is 11.0 Å². The quantitative estimate of drug-likeness (QED) is 0.471. The Hall–Kier alpha value is -3.24. The van der Waals surface area contributed by atoms with Crippen molar-refractivity contribution in [2.75, 3.05) is 26.8 Å². The van der Waals surface area contributed by atoms with Gasteiger partial charge in [-0.3, -0.25) is 4.79 Å². The Morgan fingerprint density at radius 2 is 2.06 bits per heavy atom. The highest BCUT2D eigenvalue weighted by Gasteiger charge is 2.27. The van der Waals surface area contributed by atoms with Crippen molar-refractivity contribution in [1.82, 2.24) is 9.88 Å². The average Bonchev–Trinajstić information content (AvgIpc) is 3.25. The summed E-state index contributed by atoms with van der Waals surface area (Å²) >= 11 is 6.03. The fraction of sp³-hybridized carbons (Fsp3) is 0.375. The van der Waals surface area contributed by atoms with Gasteiger partial charge in [-0.25, -0.2) is 4.98 Å². The van der Waals surface area contributed by atoms with E-state index in [1.165, 1.54) is 7.11 Å². The van der Waals surface area contributed by atoms with E-state index < -0.39 is 0 Å². The average molecular weight is 454 g/mol. The van der Waals surface area contributed by atoms with Crippen LogP contribution in [0.2, 0.25) is 5.02 Å². The van der Waals surface area contributed by atoms with Crippen LogP contribution < -0.4 is 9.47 Å². The van der Waals surface area contributed by atoms with Gasteiger partial charge in [-0.15, -0.1) is 0 Å². The minimum Gasteiger partial charge on any atom is -0.493 e. The minimum absolute atomic E-state index is 0.128. The summed E-state index contributed by atoms with van der Waals surface area (Å²) in [4.78, 5) is 19.1. The standard InChI is InChI=1S/C24H24ClN3O4/c1-30-22-13-16(15-26)4-6-21(22)31-12-2-3-23(29)28-10-8-17(9-11-28)24-27-19-14-18(25)5-7-20(19)32-24/h4-7,13-14,17H,2-3,8-12H2,1H3. The van der Waals surface area contributed by atoms with Gasteiger partial charge in [0.15, 0.2) is 23.0 Å². The molecular weight excluding hydrogens is 430 g/mol. The number of nitriles is 1. The van der Waals surface area contributed by atoms with Crippen molar-refractivity contribution in [2.45, 2.75) is 31.6 Å². The van der Waals surface area contributed by atoms with Crippen molar-refractivity contribution in [1.29, 1.82) is 5.26 Å². The van der Waals surface area contributed by atoms with Gasteiger partial charge < -0.3 is 18.8 Å². The molecule has 0 radical (unpaired) electrons. The van der Waals surface area contributed by atoms with Gasteiger partial charge in [0.25, 0.3) is 0 Å². The highest BCUT2D eigenvalue weighted by Crippen LogP contribution is 2.31. The molecule has 1 aromatic heterocycles. The number of methoxy groups -OCH3 is 1. The molecule has 8 heteroatoms. The van der Waals surface area contributed by atoms with Crippen LogP contribution in [0.15, 0.2) is 40.8 Å². The zero-order chi connectivity index (χ0) is 22.5. The number of fused-ring (bicyclic) bond motifs is 1. The van der Waals surface area contributed by atoms with Crippen molar-refractivity contribution < 1.29 is 18.7 Å². The highest BCUT2D eigenvalue weighted by atomic mass is 35.5. The first-order valence-electron chi connectivity index (χ1n) is 10.6. The summed E-state index contributed by atoms with van der Waals surface area (Å²) in [7, 11) is 1.53. The van der Waals surface area contributed by atoms with E-state index in [-0.39, 0.29) is 11.8 Å². The van der Waals surface area contributed by atoms with Gasteiger partial charge in [-0.1, -0.05) is 11.6 Å². The number of hydrogen-bond donors (Lipinski definition) is 0. The molecule has 0 atom stereocenters. The highest BCUT2D eigenvalue weighted by molar-refractivity contribution is 6.31. The molecule has 2 heterocycles. The van der Waals surface area contributed by atoms with Gasteiger partial charge in [0, 0.05) is 36.5 Å². The smallest absolute Gasteiger partial charge is 0.222 e. The van der Waals surface area contributed by atoms with Crippen LogP contribution >= 0.6 is 11.6 Å². The normalized spacial score (nSPS) is 14.3.